The van der Waals surface area contributed by atoms with Crippen molar-refractivity contribution in [3.05, 3.63) is 82.4 Å². The quantitative estimate of drug-likeness (QED) is 0.0329. The Kier molecular flexibility index (Phi) is 24.5. The number of ether oxygens (including phenoxy) is 5. The van der Waals surface area contributed by atoms with E-state index in [2.05, 4.69) is 28.9 Å². The number of likely N-dealkylation sites (N-methyl/N-ethyl adjacent to an activating group) is 1. The maximum Gasteiger partial charge on any atom is 0.407 e. The number of alkyl carbamates (subject to hydrolysis) is 2. The van der Waals surface area contributed by atoms with Gasteiger partial charge in [-0.15, -0.1) is 0 Å². The summed E-state index contributed by atoms with van der Waals surface area (Å²) in [7, 11) is 2.69. The molecule has 0 unspecified atom stereocenters. The van der Waals surface area contributed by atoms with E-state index in [0.29, 0.717) is 57.9 Å². The first kappa shape index (κ1) is 62.6. The zero-order chi connectivity index (χ0) is 56.9. The molecule has 0 aromatic heterocycles. The van der Waals surface area contributed by atoms with E-state index in [4.69, 9.17) is 23.7 Å². The smallest absolute Gasteiger partial charge is 0.407 e. The third-order valence-electron chi connectivity index (χ3n) is 12.9. The van der Waals surface area contributed by atoms with Crippen molar-refractivity contribution in [1.82, 2.24) is 20.9 Å². The highest BCUT2D eigenvalue weighted by molar-refractivity contribution is 6.01. The molecule has 4 atom stereocenters. The van der Waals surface area contributed by atoms with Gasteiger partial charge in [0.25, 0.3) is 0 Å². The van der Waals surface area contributed by atoms with Crippen LogP contribution in [0.1, 0.15) is 165 Å². The predicted molar refractivity (Wildman–Crippen MR) is 293 cm³/mol. The number of nitrogens with zero attached hydrogens (tertiary/aromatic N) is 2. The van der Waals surface area contributed by atoms with E-state index in [9.17, 15) is 29.2 Å². The second kappa shape index (κ2) is 30.1. The van der Waals surface area contributed by atoms with Crippen LogP contribution in [-0.4, -0.2) is 104 Å². The number of esters is 1. The molecule has 0 saturated carbocycles. The van der Waals surface area contributed by atoms with Crippen LogP contribution in [0.4, 0.5) is 9.59 Å². The first-order chi connectivity index (χ1) is 36.5. The lowest BCUT2D eigenvalue weighted by Crippen LogP contribution is -2.46. The van der Waals surface area contributed by atoms with Gasteiger partial charge in [0.2, 0.25) is 11.8 Å². The van der Waals surface area contributed by atoms with Gasteiger partial charge in [0.1, 0.15) is 41.4 Å². The summed E-state index contributed by atoms with van der Waals surface area (Å²) >= 11 is 0. The fourth-order valence-corrected chi connectivity index (χ4v) is 9.09. The molecule has 3 aromatic rings. The third kappa shape index (κ3) is 20.2. The van der Waals surface area contributed by atoms with Crippen molar-refractivity contribution in [3.8, 4) is 28.7 Å². The third-order valence-corrected chi connectivity index (χ3v) is 12.9. The minimum Gasteiger partial charge on any atom is -0.493 e. The van der Waals surface area contributed by atoms with Gasteiger partial charge in [-0.25, -0.2) is 14.4 Å². The number of rotatable bonds is 24. The first-order valence-corrected chi connectivity index (χ1v) is 27.1. The molecule has 1 heterocycles. The maximum absolute atomic E-state index is 15.3. The summed E-state index contributed by atoms with van der Waals surface area (Å²) in [4.78, 5) is 98.7. The second-order valence-corrected chi connectivity index (χ2v) is 21.8. The molecule has 1 aliphatic rings. The van der Waals surface area contributed by atoms with Crippen molar-refractivity contribution in [1.29, 1.82) is 5.26 Å². The number of Topliss-reactive ketones (excluding diaryl/α,β-unsaturated/α-hetero) is 2. The number of hydrogen-bond acceptors (Lipinski definition) is 13. The van der Waals surface area contributed by atoms with E-state index in [1.807, 2.05) is 19.1 Å². The lowest BCUT2D eigenvalue weighted by molar-refractivity contribution is -0.146. The molecule has 1 aliphatic heterocycles. The number of amides is 4. The van der Waals surface area contributed by atoms with Crippen LogP contribution in [0.15, 0.2) is 54.6 Å². The summed E-state index contributed by atoms with van der Waals surface area (Å²) in [6.45, 7) is 16.5. The maximum atomic E-state index is 15.3. The lowest BCUT2D eigenvalue weighted by atomic mass is 9.87. The van der Waals surface area contributed by atoms with Crippen molar-refractivity contribution in [2.24, 2.45) is 11.8 Å². The van der Waals surface area contributed by atoms with Crippen molar-refractivity contribution >= 4 is 41.5 Å². The number of carbonyl (C=O) groups excluding carboxylic acids is 7. The Balaban J connectivity index is 1.85. The number of carbonyl (C=O) groups is 7. The molecule has 0 fully saturated rings. The summed E-state index contributed by atoms with van der Waals surface area (Å²) in [5.41, 5.74) is 2.29. The van der Waals surface area contributed by atoms with Crippen LogP contribution in [0.25, 0.3) is 11.1 Å². The average molecular weight is 1070 g/mol. The van der Waals surface area contributed by atoms with Gasteiger partial charge in [-0.05, 0) is 114 Å². The normalized spacial score (nSPS) is 16.1. The molecule has 3 aromatic carbocycles. The predicted octanol–water partition coefficient (Wildman–Crippen LogP) is 10.1. The highest BCUT2D eigenvalue weighted by Gasteiger charge is 2.37. The monoisotopic (exact) mass is 1070 g/mol. The van der Waals surface area contributed by atoms with Gasteiger partial charge >= 0.3 is 18.2 Å². The van der Waals surface area contributed by atoms with E-state index in [-0.39, 0.29) is 57.6 Å². The summed E-state index contributed by atoms with van der Waals surface area (Å²) in [6, 6.07) is 15.6. The average Bonchev–Trinajstić information content (AvgIpc) is 3.36. The van der Waals surface area contributed by atoms with Crippen LogP contribution in [0.2, 0.25) is 0 Å². The molecule has 4 bridgehead atoms. The Morgan fingerprint density at radius 1 is 0.779 bits per heavy atom. The van der Waals surface area contributed by atoms with Crippen molar-refractivity contribution < 1.29 is 57.2 Å². The SMILES string of the molecule is CCCCCCCCc1ccc(C(=O)C[C@@H](CCNC(=O)OC(C)(C)C)C(=O)N(C)[C@@H]2C(=O)C[C@@H](C)C(=O)N[C@H](C(=O)OC)Cc3ccc(OCCNC(=O)OC(C)(C)C)c(c3)-c3cc2ccc3OCCC)c(CC#N)c1. The van der Waals surface area contributed by atoms with Crippen LogP contribution in [-0.2, 0) is 52.7 Å². The number of fused-ring (bicyclic) bond motifs is 5. The van der Waals surface area contributed by atoms with Crippen LogP contribution in [0.3, 0.4) is 0 Å². The van der Waals surface area contributed by atoms with Crippen LogP contribution in [0.5, 0.6) is 11.5 Å². The first-order valence-electron chi connectivity index (χ1n) is 27.1. The van der Waals surface area contributed by atoms with E-state index in [1.165, 1.54) is 31.9 Å². The number of nitriles is 1. The molecule has 17 heteroatoms. The molecule has 0 aliphatic carbocycles. The number of ketones is 2. The fraction of sp³-hybridized carbons (Fsp3) is 0.567. The highest BCUT2D eigenvalue weighted by atomic mass is 16.6. The fourth-order valence-electron chi connectivity index (χ4n) is 9.09. The number of unbranched alkanes of at least 4 members (excludes halogenated alkanes) is 5. The van der Waals surface area contributed by atoms with Crippen molar-refractivity contribution in [2.45, 2.75) is 169 Å². The Morgan fingerprint density at radius 2 is 1.40 bits per heavy atom. The Labute approximate surface area is 455 Å². The number of methoxy groups -OCH3 is 1. The Hall–Kier alpha value is -6.96. The van der Waals surface area contributed by atoms with Gasteiger partial charge in [-0.1, -0.05) is 83.2 Å². The molecule has 3 N–H and O–H groups in total. The van der Waals surface area contributed by atoms with Crippen LogP contribution < -0.4 is 25.4 Å². The van der Waals surface area contributed by atoms with Crippen molar-refractivity contribution in [3.63, 3.8) is 0 Å². The van der Waals surface area contributed by atoms with Gasteiger partial charge < -0.3 is 44.5 Å². The zero-order valence-electron chi connectivity index (χ0n) is 47.3. The van der Waals surface area contributed by atoms with Gasteiger partial charge in [-0.2, -0.15) is 5.26 Å². The summed E-state index contributed by atoms with van der Waals surface area (Å²) in [6.07, 6.45) is 6.12. The van der Waals surface area contributed by atoms with E-state index in [0.717, 1.165) is 37.7 Å². The summed E-state index contributed by atoms with van der Waals surface area (Å²) in [5, 5.41) is 18.1. The molecule has 77 heavy (non-hydrogen) atoms. The van der Waals surface area contributed by atoms with Gasteiger partial charge in [0, 0.05) is 61.4 Å². The van der Waals surface area contributed by atoms with E-state index < -0.39 is 70.9 Å². The molecule has 0 radical (unpaired) electrons. The number of benzene rings is 3. The topological polar surface area (TPSA) is 229 Å². The molecule has 0 saturated heterocycles. The molecular weight excluding hydrogens is 983 g/mol. The zero-order valence-corrected chi connectivity index (χ0v) is 47.3. The van der Waals surface area contributed by atoms with E-state index in [1.54, 1.807) is 90.9 Å². The van der Waals surface area contributed by atoms with Crippen molar-refractivity contribution in [2.75, 3.05) is 40.5 Å². The standard InChI is InChI=1S/C60H83N5O12/c1-12-14-15-16-17-18-19-40-20-23-45(42(34-40)26-28-61)49(66)38-44(27-29-62-57(71)76-59(4,5)6)55(69)65(10)53-43-22-25-52(74-31-13-2)47(37-43)46-35-41(21-24-51(46)75-32-30-63-58(72)77-60(7,8)9)36-48(56(70)73-11)64-54(68)39(3)33-50(53)67/h20-25,34-35,37,39,44,48,53H,12-19,26-27,29-33,36,38H2,1-11H3,(H,62,71)(H,63,72)(H,64,68)/t39-,44-,48+,53+/m1/s1. The highest BCUT2D eigenvalue weighted by Crippen LogP contribution is 2.41. The van der Waals surface area contributed by atoms with Gasteiger partial charge in [0.15, 0.2) is 11.6 Å². The van der Waals surface area contributed by atoms with E-state index >= 15 is 9.59 Å². The summed E-state index contributed by atoms with van der Waals surface area (Å²) < 4.78 is 28.6. The summed E-state index contributed by atoms with van der Waals surface area (Å²) in [5.74, 6) is -4.10. The molecular formula is C60H83N5O12. The molecule has 4 rings (SSSR count). The second-order valence-electron chi connectivity index (χ2n) is 21.8. The van der Waals surface area contributed by atoms with Gasteiger partial charge in [-0.3, -0.25) is 19.2 Å². The minimum absolute atomic E-state index is 0.0117. The molecule has 0 spiro atoms. The Morgan fingerprint density at radius 3 is 2.04 bits per heavy atom. The number of nitrogens with one attached hydrogen (secondary N) is 3. The molecule has 4 amide bonds. The van der Waals surface area contributed by atoms with Crippen LogP contribution in [0, 0.1) is 23.2 Å². The Bertz CT molecular complexity index is 2560. The van der Waals surface area contributed by atoms with Crippen LogP contribution >= 0.6 is 0 Å². The number of aryl methyl sites for hydroxylation is 1. The molecule has 17 nitrogen and oxygen atoms in total. The van der Waals surface area contributed by atoms with Gasteiger partial charge in [0.05, 0.1) is 32.8 Å². The number of hydrogen-bond donors (Lipinski definition) is 3. The minimum atomic E-state index is -1.34. The lowest BCUT2D eigenvalue weighted by Gasteiger charge is -2.32. The largest absolute Gasteiger partial charge is 0.493 e. The molecule has 420 valence electrons.